The number of piperazine rings is 1. The van der Waals surface area contributed by atoms with Crippen molar-refractivity contribution < 1.29 is 9.53 Å². The lowest BCUT2D eigenvalue weighted by Crippen LogP contribution is -2.50. The minimum absolute atomic E-state index is 0.0339. The van der Waals surface area contributed by atoms with Crippen LogP contribution >= 0.6 is 11.6 Å². The number of benzene rings is 1. The van der Waals surface area contributed by atoms with Crippen molar-refractivity contribution >= 4 is 17.5 Å². The number of para-hydroxylation sites is 1. The molecule has 0 spiro atoms. The van der Waals surface area contributed by atoms with Gasteiger partial charge < -0.3 is 14.5 Å². The Morgan fingerprint density at radius 3 is 2.54 bits per heavy atom. The molecule has 2 heterocycles. The van der Waals surface area contributed by atoms with E-state index in [-0.39, 0.29) is 11.8 Å². The summed E-state index contributed by atoms with van der Waals surface area (Å²) in [6.07, 6.45) is 1.06. The Morgan fingerprint density at radius 2 is 1.88 bits per heavy atom. The van der Waals surface area contributed by atoms with Crippen LogP contribution in [0, 0.1) is 0 Å². The highest BCUT2D eigenvalue weighted by Crippen LogP contribution is 2.25. The first-order valence-electron chi connectivity index (χ1n) is 7.99. The van der Waals surface area contributed by atoms with Gasteiger partial charge in [-0.3, -0.25) is 4.79 Å². The molecule has 24 heavy (non-hydrogen) atoms. The highest BCUT2D eigenvalue weighted by molar-refractivity contribution is 6.31. The Balaban J connectivity index is 1.67. The fraction of sp³-hybridized carbons (Fsp3) is 0.412. The van der Waals surface area contributed by atoms with E-state index in [1.807, 2.05) is 35.2 Å². The van der Waals surface area contributed by atoms with E-state index in [1.54, 1.807) is 17.8 Å². The van der Waals surface area contributed by atoms with Gasteiger partial charge in [-0.1, -0.05) is 29.8 Å². The average molecular weight is 349 g/mol. The summed E-state index contributed by atoms with van der Waals surface area (Å²) < 4.78 is 7.36. The van der Waals surface area contributed by atoms with Crippen molar-refractivity contribution in [2.45, 2.75) is 13.0 Å². The zero-order chi connectivity index (χ0) is 17.1. The molecule has 0 unspecified atom stereocenters. The number of halogens is 1. The molecule has 0 radical (unpaired) electrons. The van der Waals surface area contributed by atoms with E-state index >= 15 is 0 Å². The van der Waals surface area contributed by atoms with Crippen LogP contribution < -0.4 is 4.74 Å². The van der Waals surface area contributed by atoms with E-state index in [0.29, 0.717) is 5.02 Å². The Morgan fingerprint density at radius 1 is 1.21 bits per heavy atom. The van der Waals surface area contributed by atoms with Crippen molar-refractivity contribution in [1.29, 1.82) is 0 Å². The monoisotopic (exact) mass is 348 g/mol. The molecule has 2 aromatic rings. The van der Waals surface area contributed by atoms with Gasteiger partial charge >= 0.3 is 0 Å². The second-order valence-corrected chi connectivity index (χ2v) is 6.36. The Labute approximate surface area is 146 Å². The minimum Gasteiger partial charge on any atom is -0.462 e. The van der Waals surface area contributed by atoms with Gasteiger partial charge in [-0.2, -0.15) is 0 Å². The number of rotatable bonds is 4. The third-order valence-electron chi connectivity index (χ3n) is 4.11. The van der Waals surface area contributed by atoms with Crippen molar-refractivity contribution in [2.75, 3.05) is 33.2 Å². The van der Waals surface area contributed by atoms with E-state index in [4.69, 9.17) is 16.3 Å². The molecule has 1 aliphatic rings. The van der Waals surface area contributed by atoms with Gasteiger partial charge in [0.05, 0.1) is 11.9 Å². The summed E-state index contributed by atoms with van der Waals surface area (Å²) in [5.41, 5.74) is 0.882. The maximum Gasteiger partial charge on any atom is 0.263 e. The summed E-state index contributed by atoms with van der Waals surface area (Å²) in [6, 6.07) is 9.62. The highest BCUT2D eigenvalue weighted by atomic mass is 35.5. The van der Waals surface area contributed by atoms with Crippen LogP contribution in [0.2, 0.25) is 5.02 Å². The Kier molecular flexibility index (Phi) is 5.06. The maximum absolute atomic E-state index is 12.5. The molecule has 0 bridgehead atoms. The molecular formula is C17H21ClN4O2. The van der Waals surface area contributed by atoms with E-state index < -0.39 is 6.10 Å². The van der Waals surface area contributed by atoms with Crippen LogP contribution in [0.15, 0.2) is 36.5 Å². The van der Waals surface area contributed by atoms with Crippen LogP contribution in [0.4, 0.5) is 0 Å². The second kappa shape index (κ2) is 7.23. The molecule has 6 nitrogen and oxygen atoms in total. The summed E-state index contributed by atoms with van der Waals surface area (Å²) in [6.45, 7) is 4.92. The predicted octanol–water partition coefficient (Wildman–Crippen LogP) is 2.07. The summed E-state index contributed by atoms with van der Waals surface area (Å²) in [4.78, 5) is 16.5. The number of carbonyl (C=O) groups is 1. The van der Waals surface area contributed by atoms with Gasteiger partial charge in [-0.25, -0.2) is 4.68 Å². The van der Waals surface area contributed by atoms with Crippen molar-refractivity contribution in [3.8, 4) is 11.6 Å². The smallest absolute Gasteiger partial charge is 0.263 e. The van der Waals surface area contributed by atoms with Crippen LogP contribution in [0.3, 0.4) is 0 Å². The minimum atomic E-state index is -0.620. The first-order valence-corrected chi connectivity index (χ1v) is 8.37. The lowest BCUT2D eigenvalue weighted by Gasteiger charge is -2.33. The maximum atomic E-state index is 12.5. The number of hydrogen-bond donors (Lipinski definition) is 0. The zero-order valence-corrected chi connectivity index (χ0v) is 14.6. The molecule has 0 saturated carbocycles. The van der Waals surface area contributed by atoms with Crippen molar-refractivity contribution in [1.82, 2.24) is 19.6 Å². The number of ether oxygens (including phenoxy) is 1. The quantitative estimate of drug-likeness (QED) is 0.848. The van der Waals surface area contributed by atoms with Gasteiger partial charge in [-0.05, 0) is 26.1 Å². The molecule has 1 aromatic carbocycles. The number of likely N-dealkylation sites (N-methyl/N-ethyl adjacent to an activating group) is 1. The van der Waals surface area contributed by atoms with E-state index in [2.05, 4.69) is 17.0 Å². The largest absolute Gasteiger partial charge is 0.462 e. The van der Waals surface area contributed by atoms with Crippen LogP contribution in [0.1, 0.15) is 6.92 Å². The first kappa shape index (κ1) is 16.8. The van der Waals surface area contributed by atoms with Gasteiger partial charge in [-0.15, -0.1) is 5.10 Å². The normalized spacial score (nSPS) is 16.9. The average Bonchev–Trinajstić information content (AvgIpc) is 2.96. The third-order valence-corrected chi connectivity index (χ3v) is 4.37. The van der Waals surface area contributed by atoms with Gasteiger partial charge in [0.1, 0.15) is 5.02 Å². The SMILES string of the molecule is C[C@H](Oc1nn(-c2ccccc2)cc1Cl)C(=O)N1CCN(C)CC1. The lowest BCUT2D eigenvalue weighted by molar-refractivity contribution is -0.139. The van der Waals surface area contributed by atoms with E-state index in [9.17, 15) is 4.79 Å². The third kappa shape index (κ3) is 3.71. The fourth-order valence-corrected chi connectivity index (χ4v) is 2.81. The molecule has 128 valence electrons. The highest BCUT2D eigenvalue weighted by Gasteiger charge is 2.26. The molecule has 1 fully saturated rings. The number of nitrogens with zero attached hydrogens (tertiary/aromatic N) is 4. The number of carbonyl (C=O) groups excluding carboxylic acids is 1. The molecule has 7 heteroatoms. The van der Waals surface area contributed by atoms with Crippen molar-refractivity contribution in [2.24, 2.45) is 0 Å². The van der Waals surface area contributed by atoms with Crippen molar-refractivity contribution in [3.63, 3.8) is 0 Å². The molecule has 3 rings (SSSR count). The number of aromatic nitrogens is 2. The molecule has 1 aliphatic heterocycles. The number of hydrogen-bond acceptors (Lipinski definition) is 4. The van der Waals surface area contributed by atoms with Gasteiger partial charge in [0.15, 0.2) is 6.10 Å². The standard InChI is InChI=1S/C17H21ClN4O2/c1-13(17(23)21-10-8-20(2)9-11-21)24-16-15(18)12-22(19-16)14-6-4-3-5-7-14/h3-7,12-13H,8-11H2,1-2H3/t13-/m0/s1. The summed E-state index contributed by atoms with van der Waals surface area (Å²) in [7, 11) is 2.05. The molecule has 1 amide bonds. The predicted molar refractivity (Wildman–Crippen MR) is 92.7 cm³/mol. The molecule has 0 N–H and O–H groups in total. The fourth-order valence-electron chi connectivity index (χ4n) is 2.63. The van der Waals surface area contributed by atoms with Crippen LogP contribution in [0.25, 0.3) is 5.69 Å². The van der Waals surface area contributed by atoms with Gasteiger partial charge in [0.2, 0.25) is 0 Å². The first-order chi connectivity index (χ1) is 11.5. The van der Waals surface area contributed by atoms with Gasteiger partial charge in [0.25, 0.3) is 11.8 Å². The molecular weight excluding hydrogens is 328 g/mol. The number of amides is 1. The molecule has 1 atom stereocenters. The molecule has 1 aromatic heterocycles. The topological polar surface area (TPSA) is 50.6 Å². The van der Waals surface area contributed by atoms with Crippen molar-refractivity contribution in [3.05, 3.63) is 41.6 Å². The Hall–Kier alpha value is -2.05. The van der Waals surface area contributed by atoms with Crippen LogP contribution in [-0.4, -0.2) is 64.8 Å². The Bertz CT molecular complexity index is 696. The lowest BCUT2D eigenvalue weighted by atomic mass is 10.2. The summed E-state index contributed by atoms with van der Waals surface area (Å²) >= 11 is 6.21. The van der Waals surface area contributed by atoms with Crippen LogP contribution in [0.5, 0.6) is 5.88 Å². The second-order valence-electron chi connectivity index (χ2n) is 5.95. The van der Waals surface area contributed by atoms with E-state index in [1.165, 1.54) is 0 Å². The van der Waals surface area contributed by atoms with Gasteiger partial charge in [0, 0.05) is 26.2 Å². The van der Waals surface area contributed by atoms with Crippen LogP contribution in [-0.2, 0) is 4.79 Å². The molecule has 0 aliphatic carbocycles. The summed E-state index contributed by atoms with van der Waals surface area (Å²) in [5.74, 6) is 0.240. The summed E-state index contributed by atoms with van der Waals surface area (Å²) in [5, 5.41) is 4.73. The molecule has 1 saturated heterocycles. The van der Waals surface area contributed by atoms with E-state index in [0.717, 1.165) is 31.9 Å². The zero-order valence-electron chi connectivity index (χ0n) is 13.9.